The zero-order valence-corrected chi connectivity index (χ0v) is 15.1. The first-order chi connectivity index (χ1) is 11.5. The van der Waals surface area contributed by atoms with Gasteiger partial charge in [-0.15, -0.1) is 0 Å². The molecular formula is C16H18FN3O2S2. The molecular weight excluding hydrogens is 349 g/mol. The van der Waals surface area contributed by atoms with Gasteiger partial charge in [-0.1, -0.05) is 11.3 Å². The fourth-order valence-electron chi connectivity index (χ4n) is 3.42. The van der Waals surface area contributed by atoms with E-state index in [0.29, 0.717) is 16.8 Å². The van der Waals surface area contributed by atoms with Crippen LogP contribution in [0.5, 0.6) is 0 Å². The molecule has 0 aliphatic carbocycles. The number of rotatable bonds is 2. The van der Waals surface area contributed by atoms with Crippen molar-refractivity contribution in [3.05, 3.63) is 33.2 Å². The summed E-state index contributed by atoms with van der Waals surface area (Å²) in [6.45, 7) is 5.33. The second-order valence-corrected chi connectivity index (χ2v) is 8.43. The van der Waals surface area contributed by atoms with Crippen LogP contribution in [-0.2, 0) is 0 Å². The Morgan fingerprint density at radius 3 is 2.71 bits per heavy atom. The summed E-state index contributed by atoms with van der Waals surface area (Å²) in [6.07, 6.45) is 1.98. The first kappa shape index (κ1) is 16.1. The van der Waals surface area contributed by atoms with E-state index in [0.717, 1.165) is 48.0 Å². The summed E-state index contributed by atoms with van der Waals surface area (Å²) < 4.78 is 17.1. The third-order valence-corrected chi connectivity index (χ3v) is 6.58. The highest BCUT2D eigenvalue weighted by Gasteiger charge is 2.42. The van der Waals surface area contributed by atoms with Crippen molar-refractivity contribution in [2.24, 2.45) is 0 Å². The Bertz CT molecular complexity index is 876. The van der Waals surface area contributed by atoms with Crippen LogP contribution in [0.1, 0.15) is 43.7 Å². The number of hydrazine groups is 1. The monoisotopic (exact) mass is 367 g/mol. The van der Waals surface area contributed by atoms with E-state index >= 15 is 0 Å². The van der Waals surface area contributed by atoms with Crippen LogP contribution in [0.2, 0.25) is 0 Å². The molecule has 0 bridgehead atoms. The van der Waals surface area contributed by atoms with Gasteiger partial charge in [0.2, 0.25) is 0 Å². The Morgan fingerprint density at radius 1 is 1.21 bits per heavy atom. The molecule has 0 radical (unpaired) electrons. The van der Waals surface area contributed by atoms with Gasteiger partial charge in [-0.2, -0.15) is 5.01 Å². The van der Waals surface area contributed by atoms with Gasteiger partial charge < -0.3 is 0 Å². The predicted octanol–water partition coefficient (Wildman–Crippen LogP) is 3.96. The summed E-state index contributed by atoms with van der Waals surface area (Å²) in [5.41, 5.74) is 1.23. The van der Waals surface area contributed by atoms with E-state index < -0.39 is 0 Å². The number of hydrogen-bond donors (Lipinski definition) is 0. The van der Waals surface area contributed by atoms with E-state index in [1.807, 2.05) is 18.9 Å². The van der Waals surface area contributed by atoms with Crippen LogP contribution in [0.3, 0.4) is 0 Å². The van der Waals surface area contributed by atoms with Crippen molar-refractivity contribution in [1.29, 1.82) is 0 Å². The average Bonchev–Trinajstić information content (AvgIpc) is 3.03. The average molecular weight is 367 g/mol. The molecule has 24 heavy (non-hydrogen) atoms. The molecule has 1 amide bonds. The van der Waals surface area contributed by atoms with Crippen molar-refractivity contribution in [1.82, 2.24) is 14.6 Å². The maximum absolute atomic E-state index is 14.7. The number of amides is 1. The van der Waals surface area contributed by atoms with E-state index in [2.05, 4.69) is 0 Å². The third kappa shape index (κ3) is 2.39. The minimum Gasteiger partial charge on any atom is -0.296 e. The number of aromatic nitrogens is 1. The standard InChI is InChI=1S/C16H18FN3O2S2/c1-9(2)20-12-7-10(11(17)8-13(12)23-16(20)22)14-18-5-3-4-6-19(18)15(21)24-14/h7-9,14H,3-6H2,1-2H3. The molecule has 2 aliphatic heterocycles. The second-order valence-electron chi connectivity index (χ2n) is 6.40. The number of benzene rings is 1. The normalized spacial score (nSPS) is 21.9. The highest BCUT2D eigenvalue weighted by molar-refractivity contribution is 8.13. The molecule has 1 atom stereocenters. The molecule has 1 aromatic heterocycles. The van der Waals surface area contributed by atoms with Crippen LogP contribution < -0.4 is 4.87 Å². The third-order valence-electron chi connectivity index (χ3n) is 4.53. The molecule has 4 rings (SSSR count). The first-order valence-electron chi connectivity index (χ1n) is 8.06. The zero-order chi connectivity index (χ0) is 17.0. The van der Waals surface area contributed by atoms with Crippen molar-refractivity contribution in [2.45, 2.75) is 38.1 Å². The molecule has 0 spiro atoms. The molecule has 5 nitrogen and oxygen atoms in total. The molecule has 1 aromatic carbocycles. The van der Waals surface area contributed by atoms with Gasteiger partial charge in [-0.25, -0.2) is 4.39 Å². The van der Waals surface area contributed by atoms with Gasteiger partial charge in [0.05, 0.1) is 10.2 Å². The number of thioether (sulfide) groups is 1. The number of carbonyl (C=O) groups excluding carboxylic acids is 1. The topological polar surface area (TPSA) is 45.6 Å². The predicted molar refractivity (Wildman–Crippen MR) is 94.8 cm³/mol. The highest BCUT2D eigenvalue weighted by Crippen LogP contribution is 2.45. The quantitative estimate of drug-likeness (QED) is 0.806. The number of fused-ring (bicyclic) bond motifs is 2. The maximum atomic E-state index is 14.7. The number of hydrogen-bond acceptors (Lipinski definition) is 5. The fraction of sp³-hybridized carbons (Fsp3) is 0.500. The van der Waals surface area contributed by atoms with Crippen molar-refractivity contribution < 1.29 is 9.18 Å². The van der Waals surface area contributed by atoms with Crippen molar-refractivity contribution in [3.63, 3.8) is 0 Å². The summed E-state index contributed by atoms with van der Waals surface area (Å²) in [5.74, 6) is -0.350. The molecule has 0 N–H and O–H groups in total. The maximum Gasteiger partial charge on any atom is 0.308 e. The van der Waals surface area contributed by atoms with Gasteiger partial charge in [0.15, 0.2) is 0 Å². The Labute approximate surface area is 147 Å². The number of carbonyl (C=O) groups is 1. The van der Waals surface area contributed by atoms with Crippen molar-refractivity contribution >= 4 is 38.6 Å². The largest absolute Gasteiger partial charge is 0.308 e. The van der Waals surface area contributed by atoms with Gasteiger partial charge in [0.25, 0.3) is 5.24 Å². The Kier molecular flexibility index (Phi) is 3.93. The SMILES string of the molecule is CC(C)n1c(=O)sc2cc(F)c(C3SC(=O)N4CCCCN34)cc21. The van der Waals surface area contributed by atoms with Crippen LogP contribution in [0.4, 0.5) is 9.18 Å². The molecule has 2 fully saturated rings. The minimum absolute atomic E-state index is 0.00825. The van der Waals surface area contributed by atoms with E-state index in [1.165, 1.54) is 6.07 Å². The molecule has 1 unspecified atom stereocenters. The molecule has 0 saturated carbocycles. The smallest absolute Gasteiger partial charge is 0.296 e. The molecule has 2 aromatic rings. The minimum atomic E-state index is -0.350. The number of nitrogens with zero attached hydrogens (tertiary/aromatic N) is 3. The lowest BCUT2D eigenvalue weighted by atomic mass is 10.1. The van der Waals surface area contributed by atoms with Crippen LogP contribution in [0, 0.1) is 5.82 Å². The van der Waals surface area contributed by atoms with E-state index in [1.54, 1.807) is 15.6 Å². The molecule has 3 heterocycles. The first-order valence-corrected chi connectivity index (χ1v) is 9.76. The number of thiazole rings is 1. The van der Waals surface area contributed by atoms with Crippen LogP contribution >= 0.6 is 23.1 Å². The van der Waals surface area contributed by atoms with Crippen molar-refractivity contribution in [3.8, 4) is 0 Å². The van der Waals surface area contributed by atoms with Crippen molar-refractivity contribution in [2.75, 3.05) is 13.1 Å². The van der Waals surface area contributed by atoms with Gasteiger partial charge in [-0.05, 0) is 50.6 Å². The summed E-state index contributed by atoms with van der Waals surface area (Å²) >= 11 is 2.22. The second kappa shape index (κ2) is 5.86. The fourth-order valence-corrected chi connectivity index (χ4v) is 5.59. The van der Waals surface area contributed by atoms with Gasteiger partial charge in [-0.3, -0.25) is 19.2 Å². The molecule has 8 heteroatoms. The van der Waals surface area contributed by atoms with Gasteiger partial charge >= 0.3 is 4.87 Å². The summed E-state index contributed by atoms with van der Waals surface area (Å²) in [5, 5.41) is 3.32. The summed E-state index contributed by atoms with van der Waals surface area (Å²) in [6, 6.07) is 3.20. The summed E-state index contributed by atoms with van der Waals surface area (Å²) in [4.78, 5) is 24.3. The highest BCUT2D eigenvalue weighted by atomic mass is 32.2. The van der Waals surface area contributed by atoms with E-state index in [4.69, 9.17) is 0 Å². The van der Waals surface area contributed by atoms with Gasteiger partial charge in [0.1, 0.15) is 11.2 Å². The Morgan fingerprint density at radius 2 is 1.96 bits per heavy atom. The van der Waals surface area contributed by atoms with E-state index in [-0.39, 0.29) is 27.3 Å². The van der Waals surface area contributed by atoms with Gasteiger partial charge in [0, 0.05) is 24.7 Å². The molecule has 128 valence electrons. The Balaban J connectivity index is 1.84. The molecule has 2 aliphatic rings. The lowest BCUT2D eigenvalue weighted by Gasteiger charge is -2.34. The lowest BCUT2D eigenvalue weighted by molar-refractivity contribution is -0.00121. The molecule has 2 saturated heterocycles. The number of halogens is 1. The lowest BCUT2D eigenvalue weighted by Crippen LogP contribution is -2.44. The zero-order valence-electron chi connectivity index (χ0n) is 13.5. The van der Waals surface area contributed by atoms with Crippen LogP contribution in [0.25, 0.3) is 10.2 Å². The van der Waals surface area contributed by atoms with E-state index in [9.17, 15) is 14.0 Å². The Hall–Kier alpha value is -1.38. The van der Waals surface area contributed by atoms with Crippen LogP contribution in [0.15, 0.2) is 16.9 Å². The van der Waals surface area contributed by atoms with Crippen LogP contribution in [-0.4, -0.2) is 32.9 Å². The summed E-state index contributed by atoms with van der Waals surface area (Å²) in [7, 11) is 0.